The molecule has 0 saturated carbocycles. The molecule has 0 saturated heterocycles. The number of nitrogens with zero attached hydrogens (tertiary/aromatic N) is 1. The van der Waals surface area contributed by atoms with Crippen LogP contribution in [0.1, 0.15) is 33.6 Å². The molecule has 0 fully saturated rings. The molecule has 0 atom stereocenters. The fourth-order valence-electron chi connectivity index (χ4n) is 2.73. The molecule has 2 rings (SSSR count). The van der Waals surface area contributed by atoms with E-state index in [1.807, 2.05) is 0 Å². The fraction of sp³-hybridized carbons (Fsp3) is 0.250. The highest BCUT2D eigenvalue weighted by Gasteiger charge is 2.22. The van der Waals surface area contributed by atoms with Crippen molar-refractivity contribution in [3.8, 4) is 23.0 Å². The minimum Gasteiger partial charge on any atom is -0.504 e. The van der Waals surface area contributed by atoms with Crippen molar-refractivity contribution < 1.29 is 39.9 Å². The fourth-order valence-corrected chi connectivity index (χ4v) is 2.73. The lowest BCUT2D eigenvalue weighted by atomic mass is 10.1. The highest BCUT2D eigenvalue weighted by Crippen LogP contribution is 2.29. The number of hydrogen-bond acceptors (Lipinski definition) is 7. The predicted molar refractivity (Wildman–Crippen MR) is 105 cm³/mol. The Kier molecular flexibility index (Phi) is 7.45. The second-order valence-electron chi connectivity index (χ2n) is 6.43. The summed E-state index contributed by atoms with van der Waals surface area (Å²) in [6.07, 6.45) is 0.728. The molecule has 10 heteroatoms. The average Bonchev–Trinajstić information content (AvgIpc) is 2.70. The number of hydrogen-bond donors (Lipinski definition) is 6. The molecule has 160 valence electrons. The van der Waals surface area contributed by atoms with Gasteiger partial charge in [-0.2, -0.15) is 0 Å². The SMILES string of the molecule is O=C(O)CN(CCCCNC(=O)c1cccc(O)c1O)C(=O)c1cccc(O)c1O. The number of unbranched alkanes of at least 4 members (excludes halogenated alkanes) is 1. The van der Waals surface area contributed by atoms with Gasteiger partial charge in [0.15, 0.2) is 23.0 Å². The van der Waals surface area contributed by atoms with Crippen LogP contribution in [0.5, 0.6) is 23.0 Å². The van der Waals surface area contributed by atoms with Gasteiger partial charge >= 0.3 is 5.97 Å². The highest BCUT2D eigenvalue weighted by atomic mass is 16.4. The lowest BCUT2D eigenvalue weighted by molar-refractivity contribution is -0.137. The molecule has 2 aromatic rings. The molecule has 2 aromatic carbocycles. The van der Waals surface area contributed by atoms with Crippen molar-refractivity contribution in [2.45, 2.75) is 12.8 Å². The molecule has 0 bridgehead atoms. The van der Waals surface area contributed by atoms with E-state index in [9.17, 15) is 34.8 Å². The molecule has 0 aliphatic carbocycles. The topological polar surface area (TPSA) is 168 Å². The van der Waals surface area contributed by atoms with Gasteiger partial charge in [0.05, 0.1) is 11.1 Å². The van der Waals surface area contributed by atoms with E-state index in [1.165, 1.54) is 36.4 Å². The molecule has 10 nitrogen and oxygen atoms in total. The number of carbonyl (C=O) groups is 3. The zero-order chi connectivity index (χ0) is 22.3. The van der Waals surface area contributed by atoms with Gasteiger partial charge in [-0.15, -0.1) is 0 Å². The minimum atomic E-state index is -1.24. The first kappa shape index (κ1) is 22.3. The number of amides is 2. The minimum absolute atomic E-state index is 0.0352. The molecule has 0 unspecified atom stereocenters. The summed E-state index contributed by atoms with van der Waals surface area (Å²) in [6, 6.07) is 7.82. The molecule has 6 N–H and O–H groups in total. The van der Waals surface area contributed by atoms with Crippen LogP contribution < -0.4 is 5.32 Å². The Balaban J connectivity index is 1.91. The van der Waals surface area contributed by atoms with Crippen molar-refractivity contribution in [1.82, 2.24) is 10.2 Å². The molecule has 0 radical (unpaired) electrons. The van der Waals surface area contributed by atoms with Crippen LogP contribution in [0.25, 0.3) is 0 Å². The molecule has 0 aliphatic rings. The van der Waals surface area contributed by atoms with Crippen molar-refractivity contribution in [3.63, 3.8) is 0 Å². The quantitative estimate of drug-likeness (QED) is 0.261. The number of phenols is 4. The molecular weight excluding hydrogens is 396 g/mol. The second-order valence-corrected chi connectivity index (χ2v) is 6.43. The molecule has 0 aliphatic heterocycles. The second kappa shape index (κ2) is 10.0. The third-order valence-electron chi connectivity index (χ3n) is 4.26. The number of carbonyl (C=O) groups excluding carboxylic acids is 2. The zero-order valence-corrected chi connectivity index (χ0v) is 15.9. The first-order valence-corrected chi connectivity index (χ1v) is 9.03. The average molecular weight is 418 g/mol. The van der Waals surface area contributed by atoms with Crippen LogP contribution in [0.3, 0.4) is 0 Å². The summed E-state index contributed by atoms with van der Waals surface area (Å²) in [5.74, 6) is -4.65. The zero-order valence-electron chi connectivity index (χ0n) is 15.9. The van der Waals surface area contributed by atoms with E-state index < -0.39 is 47.3 Å². The van der Waals surface area contributed by atoms with E-state index in [0.717, 1.165) is 4.90 Å². The Morgan fingerprint density at radius 2 is 1.40 bits per heavy atom. The van der Waals surface area contributed by atoms with Gasteiger partial charge in [0.2, 0.25) is 0 Å². The van der Waals surface area contributed by atoms with Gasteiger partial charge in [-0.05, 0) is 37.1 Å². The van der Waals surface area contributed by atoms with Crippen LogP contribution in [0.15, 0.2) is 36.4 Å². The summed E-state index contributed by atoms with van der Waals surface area (Å²) in [7, 11) is 0. The van der Waals surface area contributed by atoms with Gasteiger partial charge in [0, 0.05) is 13.1 Å². The summed E-state index contributed by atoms with van der Waals surface area (Å²) in [5, 5.41) is 50.1. The summed E-state index contributed by atoms with van der Waals surface area (Å²) in [5.41, 5.74) is -0.305. The van der Waals surface area contributed by atoms with E-state index in [4.69, 9.17) is 5.11 Å². The van der Waals surface area contributed by atoms with Crippen molar-refractivity contribution in [3.05, 3.63) is 47.5 Å². The number of rotatable bonds is 9. The van der Waals surface area contributed by atoms with Crippen LogP contribution in [0, 0.1) is 0 Å². The van der Waals surface area contributed by atoms with E-state index in [2.05, 4.69) is 5.32 Å². The number of aliphatic carboxylic acids is 1. The maximum atomic E-state index is 12.6. The Bertz CT molecular complexity index is 944. The lowest BCUT2D eigenvalue weighted by Crippen LogP contribution is -2.36. The van der Waals surface area contributed by atoms with Gasteiger partial charge in [0.25, 0.3) is 11.8 Å². The third kappa shape index (κ3) is 5.53. The maximum Gasteiger partial charge on any atom is 0.323 e. The molecule has 2 amide bonds. The number of phenolic OH excluding ortho intramolecular Hbond substituents is 4. The Morgan fingerprint density at radius 3 is 2.00 bits per heavy atom. The molecule has 30 heavy (non-hydrogen) atoms. The summed E-state index contributed by atoms with van der Waals surface area (Å²) in [4.78, 5) is 36.7. The van der Waals surface area contributed by atoms with Gasteiger partial charge < -0.3 is 35.7 Å². The Hall–Kier alpha value is -3.95. The van der Waals surface area contributed by atoms with E-state index in [0.29, 0.717) is 12.8 Å². The van der Waals surface area contributed by atoms with Crippen molar-refractivity contribution >= 4 is 17.8 Å². The van der Waals surface area contributed by atoms with Gasteiger partial charge in [-0.3, -0.25) is 14.4 Å². The van der Waals surface area contributed by atoms with Crippen LogP contribution in [0.4, 0.5) is 0 Å². The van der Waals surface area contributed by atoms with Gasteiger partial charge in [0.1, 0.15) is 6.54 Å². The highest BCUT2D eigenvalue weighted by molar-refractivity contribution is 5.99. The number of carboxylic acids is 1. The predicted octanol–water partition coefficient (Wildman–Crippen LogP) is 1.25. The number of carboxylic acid groups (broad SMARTS) is 1. The number of benzene rings is 2. The molecule has 0 spiro atoms. The van der Waals surface area contributed by atoms with Crippen molar-refractivity contribution in [2.75, 3.05) is 19.6 Å². The lowest BCUT2D eigenvalue weighted by Gasteiger charge is -2.21. The monoisotopic (exact) mass is 418 g/mol. The summed E-state index contributed by atoms with van der Waals surface area (Å²) >= 11 is 0. The molecular formula is C20H22N2O8. The largest absolute Gasteiger partial charge is 0.504 e. The van der Waals surface area contributed by atoms with Crippen LogP contribution in [-0.2, 0) is 4.79 Å². The standard InChI is InChI=1S/C20H22N2O8/c23-14-7-3-5-12(17(14)27)19(29)21-9-1-2-10-22(11-16(25)26)20(30)13-6-4-8-15(24)18(13)28/h3-8,23-24,27-28H,1-2,9-11H2,(H,21,29)(H,25,26). The normalized spacial score (nSPS) is 10.4. The molecule has 0 heterocycles. The van der Waals surface area contributed by atoms with Gasteiger partial charge in [-0.25, -0.2) is 0 Å². The van der Waals surface area contributed by atoms with Crippen LogP contribution in [-0.4, -0.2) is 67.9 Å². The third-order valence-corrected chi connectivity index (χ3v) is 4.26. The Labute approximate surface area is 171 Å². The number of aromatic hydroxyl groups is 4. The summed E-state index contributed by atoms with van der Waals surface area (Å²) in [6.45, 7) is -0.384. The number of nitrogens with one attached hydrogen (secondary N) is 1. The van der Waals surface area contributed by atoms with Crippen molar-refractivity contribution in [2.24, 2.45) is 0 Å². The summed E-state index contributed by atoms with van der Waals surface area (Å²) < 4.78 is 0. The smallest absolute Gasteiger partial charge is 0.323 e. The van der Waals surface area contributed by atoms with Gasteiger partial charge in [-0.1, -0.05) is 12.1 Å². The Morgan fingerprint density at radius 1 is 0.833 bits per heavy atom. The first-order valence-electron chi connectivity index (χ1n) is 9.03. The number of para-hydroxylation sites is 2. The first-order chi connectivity index (χ1) is 14.2. The van der Waals surface area contributed by atoms with E-state index >= 15 is 0 Å². The van der Waals surface area contributed by atoms with E-state index in [1.54, 1.807) is 0 Å². The van der Waals surface area contributed by atoms with Crippen LogP contribution in [0.2, 0.25) is 0 Å². The molecule has 0 aromatic heterocycles. The van der Waals surface area contributed by atoms with Crippen molar-refractivity contribution in [1.29, 1.82) is 0 Å². The van der Waals surface area contributed by atoms with E-state index in [-0.39, 0.29) is 24.2 Å². The van der Waals surface area contributed by atoms with Crippen LogP contribution >= 0.6 is 0 Å². The maximum absolute atomic E-state index is 12.6.